The summed E-state index contributed by atoms with van der Waals surface area (Å²) in [5.74, 6) is 1.14. The quantitative estimate of drug-likeness (QED) is 0.610. The Hall–Kier alpha value is -0.530. The van der Waals surface area contributed by atoms with Gasteiger partial charge >= 0.3 is 0 Å². The van der Waals surface area contributed by atoms with Gasteiger partial charge < -0.3 is 5.32 Å². The van der Waals surface area contributed by atoms with Crippen LogP contribution in [-0.4, -0.2) is 11.4 Å². The van der Waals surface area contributed by atoms with Crippen molar-refractivity contribution in [3.8, 4) is 0 Å². The van der Waals surface area contributed by atoms with Crippen molar-refractivity contribution in [2.75, 3.05) is 0 Å². The van der Waals surface area contributed by atoms with Crippen molar-refractivity contribution in [1.29, 1.82) is 0 Å². The van der Waals surface area contributed by atoms with E-state index in [-0.39, 0.29) is 11.4 Å². The Balaban J connectivity index is 1.99. The van der Waals surface area contributed by atoms with Crippen molar-refractivity contribution in [3.63, 3.8) is 0 Å². The van der Waals surface area contributed by atoms with Crippen LogP contribution in [-0.2, 0) is 4.79 Å². The average Bonchev–Trinajstić information content (AvgIpc) is 2.11. The van der Waals surface area contributed by atoms with E-state index in [9.17, 15) is 4.79 Å². The highest BCUT2D eigenvalue weighted by atomic mass is 16.1. The SMILES string of the molecule is CC1CCC2(CCCC(=O)N2)CC1. The van der Waals surface area contributed by atoms with Crippen LogP contribution in [0.3, 0.4) is 0 Å². The van der Waals surface area contributed by atoms with Crippen LogP contribution < -0.4 is 5.32 Å². The van der Waals surface area contributed by atoms with Crippen molar-refractivity contribution in [2.24, 2.45) is 5.92 Å². The van der Waals surface area contributed by atoms with Gasteiger partial charge in [0.15, 0.2) is 0 Å². The Labute approximate surface area is 80.1 Å². The molecule has 1 saturated carbocycles. The Morgan fingerprint density at radius 3 is 2.62 bits per heavy atom. The lowest BCUT2D eigenvalue weighted by molar-refractivity contribution is -0.125. The number of carbonyl (C=O) groups excluding carboxylic acids is 1. The summed E-state index contributed by atoms with van der Waals surface area (Å²) in [4.78, 5) is 11.3. The Morgan fingerprint density at radius 1 is 1.31 bits per heavy atom. The second-order valence-corrected chi connectivity index (χ2v) is 4.86. The van der Waals surface area contributed by atoms with Gasteiger partial charge in [0.25, 0.3) is 0 Å². The largest absolute Gasteiger partial charge is 0.351 e. The fourth-order valence-corrected chi connectivity index (χ4v) is 2.70. The van der Waals surface area contributed by atoms with Crippen LogP contribution in [0, 0.1) is 5.92 Å². The highest BCUT2D eigenvalue weighted by Gasteiger charge is 2.37. The standard InChI is InChI=1S/C11H19NO/c1-9-4-7-11(8-5-9)6-2-3-10(13)12-11/h9H,2-8H2,1H3,(H,12,13). The lowest BCUT2D eigenvalue weighted by Crippen LogP contribution is -2.53. The van der Waals surface area contributed by atoms with E-state index in [0.29, 0.717) is 0 Å². The predicted octanol–water partition coefficient (Wildman–Crippen LogP) is 2.24. The lowest BCUT2D eigenvalue weighted by atomic mass is 9.73. The van der Waals surface area contributed by atoms with Gasteiger partial charge in [-0.05, 0) is 44.4 Å². The summed E-state index contributed by atoms with van der Waals surface area (Å²) in [7, 11) is 0. The number of rotatable bonds is 0. The first-order valence-corrected chi connectivity index (χ1v) is 5.51. The molecule has 0 radical (unpaired) electrons. The summed E-state index contributed by atoms with van der Waals surface area (Å²) in [6, 6.07) is 0. The van der Waals surface area contributed by atoms with Gasteiger partial charge in [0.2, 0.25) is 5.91 Å². The molecule has 1 amide bonds. The van der Waals surface area contributed by atoms with Crippen LogP contribution in [0.5, 0.6) is 0 Å². The van der Waals surface area contributed by atoms with Gasteiger partial charge in [-0.25, -0.2) is 0 Å². The molecule has 1 N–H and O–H groups in total. The molecule has 0 atom stereocenters. The molecule has 0 aromatic heterocycles. The smallest absolute Gasteiger partial charge is 0.220 e. The zero-order valence-corrected chi connectivity index (χ0v) is 8.44. The van der Waals surface area contributed by atoms with Crippen molar-refractivity contribution in [2.45, 2.75) is 57.4 Å². The minimum Gasteiger partial charge on any atom is -0.351 e. The summed E-state index contributed by atoms with van der Waals surface area (Å²) < 4.78 is 0. The molecule has 74 valence electrons. The van der Waals surface area contributed by atoms with E-state index in [4.69, 9.17) is 0 Å². The van der Waals surface area contributed by atoms with Crippen molar-refractivity contribution >= 4 is 5.91 Å². The molecule has 2 aliphatic rings. The average molecular weight is 181 g/mol. The zero-order chi connectivity index (χ0) is 9.31. The summed E-state index contributed by atoms with van der Waals surface area (Å²) in [6.45, 7) is 2.32. The molecule has 13 heavy (non-hydrogen) atoms. The second-order valence-electron chi connectivity index (χ2n) is 4.86. The number of carbonyl (C=O) groups is 1. The Bertz CT molecular complexity index is 204. The molecule has 2 fully saturated rings. The minimum atomic E-state index is 0.210. The van der Waals surface area contributed by atoms with Gasteiger partial charge in [-0.3, -0.25) is 4.79 Å². The van der Waals surface area contributed by atoms with E-state index in [1.54, 1.807) is 0 Å². The molecule has 1 heterocycles. The molecule has 0 bridgehead atoms. The fourth-order valence-electron chi connectivity index (χ4n) is 2.70. The normalized spacial score (nSPS) is 40.4. The predicted molar refractivity (Wildman–Crippen MR) is 52.4 cm³/mol. The topological polar surface area (TPSA) is 29.1 Å². The molecule has 0 aromatic carbocycles. The molecule has 1 spiro atoms. The Morgan fingerprint density at radius 2 is 2.00 bits per heavy atom. The van der Waals surface area contributed by atoms with Crippen LogP contribution in [0.25, 0.3) is 0 Å². The summed E-state index contributed by atoms with van der Waals surface area (Å²) in [5, 5.41) is 3.21. The van der Waals surface area contributed by atoms with Crippen LogP contribution in [0.15, 0.2) is 0 Å². The van der Waals surface area contributed by atoms with Gasteiger partial charge in [0, 0.05) is 12.0 Å². The monoisotopic (exact) mass is 181 g/mol. The first-order valence-electron chi connectivity index (χ1n) is 5.51. The van der Waals surface area contributed by atoms with E-state index >= 15 is 0 Å². The first kappa shape index (κ1) is 9.04. The molecule has 0 aromatic rings. The molecule has 2 heteroatoms. The third-order valence-electron chi connectivity index (χ3n) is 3.70. The molecule has 1 aliphatic carbocycles. The maximum atomic E-state index is 11.3. The van der Waals surface area contributed by atoms with Crippen molar-refractivity contribution < 1.29 is 4.79 Å². The van der Waals surface area contributed by atoms with E-state index in [2.05, 4.69) is 12.2 Å². The maximum absolute atomic E-state index is 11.3. The van der Waals surface area contributed by atoms with E-state index < -0.39 is 0 Å². The molecular formula is C11H19NO. The van der Waals surface area contributed by atoms with Crippen LogP contribution in [0.1, 0.15) is 51.9 Å². The van der Waals surface area contributed by atoms with Crippen LogP contribution >= 0.6 is 0 Å². The first-order chi connectivity index (χ1) is 6.20. The zero-order valence-electron chi connectivity index (χ0n) is 8.44. The molecule has 2 rings (SSSR count). The second kappa shape index (κ2) is 3.32. The third-order valence-corrected chi connectivity index (χ3v) is 3.70. The summed E-state index contributed by atoms with van der Waals surface area (Å²) in [6.07, 6.45) is 8.06. The number of piperidine rings is 1. The Kier molecular flexibility index (Phi) is 2.31. The summed E-state index contributed by atoms with van der Waals surface area (Å²) >= 11 is 0. The van der Waals surface area contributed by atoms with Crippen molar-refractivity contribution in [1.82, 2.24) is 5.32 Å². The minimum absolute atomic E-state index is 0.210. The molecule has 2 nitrogen and oxygen atoms in total. The molecule has 0 unspecified atom stereocenters. The van der Waals surface area contributed by atoms with Crippen LogP contribution in [0.4, 0.5) is 0 Å². The number of hydrogen-bond acceptors (Lipinski definition) is 1. The van der Waals surface area contributed by atoms with Gasteiger partial charge in [-0.2, -0.15) is 0 Å². The maximum Gasteiger partial charge on any atom is 0.220 e. The number of amides is 1. The van der Waals surface area contributed by atoms with Crippen molar-refractivity contribution in [3.05, 3.63) is 0 Å². The lowest BCUT2D eigenvalue weighted by Gasteiger charge is -2.42. The molecular weight excluding hydrogens is 162 g/mol. The number of hydrogen-bond donors (Lipinski definition) is 1. The van der Waals surface area contributed by atoms with E-state index in [0.717, 1.165) is 18.8 Å². The van der Waals surface area contributed by atoms with E-state index in [1.165, 1.54) is 32.1 Å². The van der Waals surface area contributed by atoms with Crippen LogP contribution in [0.2, 0.25) is 0 Å². The van der Waals surface area contributed by atoms with Gasteiger partial charge in [-0.15, -0.1) is 0 Å². The molecule has 1 aliphatic heterocycles. The van der Waals surface area contributed by atoms with Gasteiger partial charge in [0.05, 0.1) is 0 Å². The fraction of sp³-hybridized carbons (Fsp3) is 0.909. The summed E-state index contributed by atoms with van der Waals surface area (Å²) in [5.41, 5.74) is 0.210. The highest BCUT2D eigenvalue weighted by molar-refractivity contribution is 5.77. The van der Waals surface area contributed by atoms with Gasteiger partial charge in [-0.1, -0.05) is 6.92 Å². The van der Waals surface area contributed by atoms with Gasteiger partial charge in [0.1, 0.15) is 0 Å². The number of nitrogens with one attached hydrogen (secondary N) is 1. The highest BCUT2D eigenvalue weighted by Crippen LogP contribution is 2.37. The molecule has 1 saturated heterocycles. The van der Waals surface area contributed by atoms with E-state index in [1.807, 2.05) is 0 Å². The third kappa shape index (κ3) is 1.87.